The van der Waals surface area contributed by atoms with E-state index in [2.05, 4.69) is 31.8 Å². The van der Waals surface area contributed by atoms with Crippen molar-refractivity contribution in [3.05, 3.63) is 35.9 Å². The molecular weight excluding hydrogens is 218 g/mol. The average Bonchev–Trinajstić information content (AvgIpc) is 2.17. The standard InChI is InChI=1S/C12H19NO2Si/c1-16(2,3)11(9-15-12(13)14)10-7-5-4-6-8-10/h4-8,11H,9H2,1-3H3,(H2,13,14). The van der Waals surface area contributed by atoms with Crippen LogP contribution in [-0.4, -0.2) is 20.8 Å². The number of nitrogens with two attached hydrogens (primary N) is 1. The summed E-state index contributed by atoms with van der Waals surface area (Å²) in [6.45, 7) is 7.16. The molecule has 1 amide bonds. The molecule has 0 spiro atoms. The second-order valence-electron chi connectivity index (χ2n) is 4.96. The Kier molecular flexibility index (Phi) is 4.12. The number of benzene rings is 1. The van der Waals surface area contributed by atoms with Gasteiger partial charge in [-0.3, -0.25) is 0 Å². The third-order valence-electron chi connectivity index (χ3n) is 2.64. The van der Waals surface area contributed by atoms with Gasteiger partial charge in [-0.15, -0.1) is 0 Å². The minimum absolute atomic E-state index is 0.293. The molecule has 0 aliphatic carbocycles. The van der Waals surface area contributed by atoms with Crippen LogP contribution in [0.25, 0.3) is 0 Å². The Bertz CT molecular complexity index is 346. The van der Waals surface area contributed by atoms with E-state index < -0.39 is 14.2 Å². The Balaban J connectivity index is 2.84. The minimum atomic E-state index is -1.43. The van der Waals surface area contributed by atoms with E-state index >= 15 is 0 Å². The minimum Gasteiger partial charge on any atom is -0.449 e. The van der Waals surface area contributed by atoms with Gasteiger partial charge >= 0.3 is 6.09 Å². The number of primary amides is 1. The molecule has 3 nitrogen and oxygen atoms in total. The third kappa shape index (κ3) is 3.70. The monoisotopic (exact) mass is 237 g/mol. The molecule has 1 atom stereocenters. The summed E-state index contributed by atoms with van der Waals surface area (Å²) in [4.78, 5) is 10.7. The van der Waals surface area contributed by atoms with Gasteiger partial charge in [0.15, 0.2) is 0 Å². The Labute approximate surface area is 97.6 Å². The first-order valence-electron chi connectivity index (χ1n) is 5.38. The van der Waals surface area contributed by atoms with Crippen molar-refractivity contribution >= 4 is 14.2 Å². The van der Waals surface area contributed by atoms with Gasteiger partial charge in [-0.2, -0.15) is 0 Å². The molecule has 0 fully saturated rings. The quantitative estimate of drug-likeness (QED) is 0.819. The normalized spacial score (nSPS) is 13.2. The van der Waals surface area contributed by atoms with E-state index in [4.69, 9.17) is 10.5 Å². The van der Waals surface area contributed by atoms with E-state index in [1.165, 1.54) is 5.56 Å². The molecule has 88 valence electrons. The molecule has 0 aliphatic heterocycles. The van der Waals surface area contributed by atoms with E-state index in [0.29, 0.717) is 12.1 Å². The second-order valence-corrected chi connectivity index (χ2v) is 10.4. The van der Waals surface area contributed by atoms with Crippen molar-refractivity contribution < 1.29 is 9.53 Å². The zero-order valence-electron chi connectivity index (χ0n) is 10.1. The van der Waals surface area contributed by atoms with Gasteiger partial charge in [-0.25, -0.2) is 4.79 Å². The highest BCUT2D eigenvalue weighted by Crippen LogP contribution is 2.27. The first-order chi connectivity index (χ1) is 7.41. The Morgan fingerprint density at radius 3 is 2.31 bits per heavy atom. The molecule has 0 heterocycles. The number of carbonyl (C=O) groups excluding carboxylic acids is 1. The lowest BCUT2D eigenvalue weighted by Crippen LogP contribution is -2.35. The molecule has 0 saturated heterocycles. The predicted molar refractivity (Wildman–Crippen MR) is 68.1 cm³/mol. The predicted octanol–water partition coefficient (Wildman–Crippen LogP) is 2.74. The van der Waals surface area contributed by atoms with Gasteiger partial charge in [0, 0.05) is 5.54 Å². The number of carbonyl (C=O) groups is 1. The highest BCUT2D eigenvalue weighted by molar-refractivity contribution is 6.77. The third-order valence-corrected chi connectivity index (χ3v) is 5.23. The largest absolute Gasteiger partial charge is 0.449 e. The fourth-order valence-corrected chi connectivity index (χ4v) is 3.47. The SMILES string of the molecule is C[Si](C)(C)C(COC(N)=O)c1ccccc1. The van der Waals surface area contributed by atoms with Crippen molar-refractivity contribution in [1.29, 1.82) is 0 Å². The maximum absolute atomic E-state index is 10.7. The molecule has 4 heteroatoms. The number of hydrogen-bond donors (Lipinski definition) is 1. The summed E-state index contributed by atoms with van der Waals surface area (Å²) in [5.41, 5.74) is 6.53. The van der Waals surface area contributed by atoms with Crippen molar-refractivity contribution in [2.24, 2.45) is 5.73 Å². The molecule has 0 aromatic heterocycles. The van der Waals surface area contributed by atoms with Crippen LogP contribution in [0.3, 0.4) is 0 Å². The lowest BCUT2D eigenvalue weighted by molar-refractivity contribution is 0.156. The summed E-state index contributed by atoms with van der Waals surface area (Å²) in [6.07, 6.45) is -0.695. The summed E-state index contributed by atoms with van der Waals surface area (Å²) in [5.74, 6) is 0. The highest BCUT2D eigenvalue weighted by atomic mass is 28.3. The Hall–Kier alpha value is -1.29. The maximum atomic E-state index is 10.7. The molecule has 0 aliphatic rings. The van der Waals surface area contributed by atoms with Crippen LogP contribution in [0, 0.1) is 0 Å². The van der Waals surface area contributed by atoms with Gasteiger partial charge in [0.2, 0.25) is 0 Å². The Morgan fingerprint density at radius 2 is 1.88 bits per heavy atom. The molecule has 0 radical (unpaired) electrons. The van der Waals surface area contributed by atoms with E-state index in [9.17, 15) is 4.79 Å². The van der Waals surface area contributed by atoms with Gasteiger partial charge in [0.05, 0.1) is 14.7 Å². The van der Waals surface area contributed by atoms with Crippen molar-refractivity contribution in [1.82, 2.24) is 0 Å². The van der Waals surface area contributed by atoms with Crippen LogP contribution in [-0.2, 0) is 4.74 Å². The fourth-order valence-electron chi connectivity index (χ4n) is 1.70. The molecule has 1 unspecified atom stereocenters. The Morgan fingerprint density at radius 1 is 1.31 bits per heavy atom. The van der Waals surface area contributed by atoms with Gasteiger partial charge < -0.3 is 10.5 Å². The fraction of sp³-hybridized carbons (Fsp3) is 0.417. The molecule has 16 heavy (non-hydrogen) atoms. The summed E-state index contributed by atoms with van der Waals surface area (Å²) >= 11 is 0. The van der Waals surface area contributed by atoms with Gasteiger partial charge in [0.1, 0.15) is 0 Å². The summed E-state index contributed by atoms with van der Waals surface area (Å²) in [7, 11) is -1.43. The first kappa shape index (κ1) is 12.8. The van der Waals surface area contributed by atoms with Crippen LogP contribution >= 0.6 is 0 Å². The number of hydrogen-bond acceptors (Lipinski definition) is 2. The lowest BCUT2D eigenvalue weighted by atomic mass is 10.1. The van der Waals surface area contributed by atoms with Crippen molar-refractivity contribution in [2.75, 3.05) is 6.61 Å². The van der Waals surface area contributed by atoms with Crippen LogP contribution in [0.15, 0.2) is 30.3 Å². The summed E-state index contributed by atoms with van der Waals surface area (Å²) in [6, 6.07) is 10.2. The second kappa shape index (κ2) is 5.16. The zero-order chi connectivity index (χ0) is 12.2. The summed E-state index contributed by atoms with van der Waals surface area (Å²) < 4.78 is 4.96. The van der Waals surface area contributed by atoms with Crippen molar-refractivity contribution in [3.8, 4) is 0 Å². The van der Waals surface area contributed by atoms with Crippen LogP contribution in [0.5, 0.6) is 0 Å². The smallest absolute Gasteiger partial charge is 0.404 e. The highest BCUT2D eigenvalue weighted by Gasteiger charge is 2.29. The van der Waals surface area contributed by atoms with Gasteiger partial charge in [-0.1, -0.05) is 50.0 Å². The van der Waals surface area contributed by atoms with E-state index in [1.54, 1.807) is 0 Å². The van der Waals surface area contributed by atoms with Crippen LogP contribution in [0.4, 0.5) is 4.79 Å². The van der Waals surface area contributed by atoms with E-state index in [0.717, 1.165) is 0 Å². The topological polar surface area (TPSA) is 52.3 Å². The van der Waals surface area contributed by atoms with E-state index in [-0.39, 0.29) is 0 Å². The van der Waals surface area contributed by atoms with E-state index in [1.807, 2.05) is 18.2 Å². The molecule has 1 aromatic rings. The van der Waals surface area contributed by atoms with Crippen molar-refractivity contribution in [3.63, 3.8) is 0 Å². The molecule has 1 rings (SSSR count). The summed E-state index contributed by atoms with van der Waals surface area (Å²) in [5, 5.41) is 0. The zero-order valence-corrected chi connectivity index (χ0v) is 11.1. The molecule has 1 aromatic carbocycles. The lowest BCUT2D eigenvalue weighted by Gasteiger charge is -2.28. The van der Waals surface area contributed by atoms with Crippen molar-refractivity contribution in [2.45, 2.75) is 25.2 Å². The number of rotatable bonds is 4. The van der Waals surface area contributed by atoms with Gasteiger partial charge in [-0.05, 0) is 5.56 Å². The first-order valence-corrected chi connectivity index (χ1v) is 8.96. The number of amides is 1. The molecule has 2 N–H and O–H groups in total. The number of ether oxygens (including phenoxy) is 1. The van der Waals surface area contributed by atoms with Crippen LogP contribution in [0.2, 0.25) is 19.6 Å². The van der Waals surface area contributed by atoms with Crippen LogP contribution in [0.1, 0.15) is 11.1 Å². The maximum Gasteiger partial charge on any atom is 0.404 e. The molecule has 0 bridgehead atoms. The molecular formula is C12H19NO2Si. The van der Waals surface area contributed by atoms with Crippen LogP contribution < -0.4 is 5.73 Å². The molecule has 0 saturated carbocycles. The van der Waals surface area contributed by atoms with Gasteiger partial charge in [0.25, 0.3) is 0 Å². The average molecular weight is 237 g/mol.